The number of piperidine rings is 1. The number of halogens is 6. The van der Waals surface area contributed by atoms with Crippen LogP contribution in [0.2, 0.25) is 0 Å². The normalized spacial score (nSPS) is 20.2. The summed E-state index contributed by atoms with van der Waals surface area (Å²) in [7, 11) is 0. The van der Waals surface area contributed by atoms with Crippen molar-refractivity contribution in [3.8, 4) is 11.3 Å². The Morgan fingerprint density at radius 1 is 0.833 bits per heavy atom. The molecule has 0 N–H and O–H groups in total. The zero-order valence-corrected chi connectivity index (χ0v) is 17.0. The monoisotopic (exact) mass is 448 g/mol. The fourth-order valence-electron chi connectivity index (χ4n) is 4.49. The molecule has 2 aliphatic rings. The number of rotatable bonds is 3. The topological polar surface area (TPSA) is 16.1 Å². The quantitative estimate of drug-likeness (QED) is 0.472. The lowest BCUT2D eigenvalue weighted by molar-refractivity contribution is -0.143. The van der Waals surface area contributed by atoms with Gasteiger partial charge in [0.15, 0.2) is 0 Å². The molecule has 0 spiro atoms. The van der Waals surface area contributed by atoms with E-state index in [4.69, 9.17) is 0 Å². The van der Waals surface area contributed by atoms with E-state index in [1.807, 2.05) is 0 Å². The smallest absolute Gasteiger partial charge is 0.300 e. The molecule has 4 rings (SSSR count). The molecule has 2 fully saturated rings. The Labute approximate surface area is 174 Å². The number of nitrogens with zero attached hydrogens (tertiary/aromatic N) is 2. The summed E-state index contributed by atoms with van der Waals surface area (Å²) in [5.41, 5.74) is -2.61. The van der Waals surface area contributed by atoms with Gasteiger partial charge in [0.05, 0.1) is 21.8 Å². The second-order valence-corrected chi connectivity index (χ2v) is 9.00. The number of likely N-dealkylation sites (tertiary alicyclic amines) is 1. The molecule has 2 aromatic rings. The summed E-state index contributed by atoms with van der Waals surface area (Å²) in [6.07, 6.45) is -2.86. The molecule has 0 unspecified atom stereocenters. The maximum absolute atomic E-state index is 13.1. The maximum atomic E-state index is 13.1. The van der Waals surface area contributed by atoms with Crippen LogP contribution in [0.5, 0.6) is 0 Å². The molecular weight excluding hydrogens is 426 g/mol. The third-order valence-corrected chi connectivity index (χ3v) is 7.13. The van der Waals surface area contributed by atoms with E-state index in [2.05, 4.69) is 9.88 Å². The van der Waals surface area contributed by atoms with Crippen molar-refractivity contribution in [2.45, 2.75) is 62.8 Å². The molecule has 1 saturated heterocycles. The van der Waals surface area contributed by atoms with Crippen molar-refractivity contribution in [2.75, 3.05) is 13.1 Å². The van der Waals surface area contributed by atoms with Gasteiger partial charge in [-0.05, 0) is 57.0 Å². The standard InChI is InChI=1S/C21H22F6N2S/c22-20(23,24)15-9-14(10-16(11-15)21(25,26)27)18-12-30-19(28-18)13-5-7-29(8-6-13)17-3-1-2-4-17/h9-13,17H,1-8H2. The Morgan fingerprint density at radius 3 is 1.93 bits per heavy atom. The average molecular weight is 448 g/mol. The van der Waals surface area contributed by atoms with Crippen molar-refractivity contribution in [3.05, 3.63) is 39.7 Å². The SMILES string of the molecule is FC(F)(F)c1cc(-c2csc(C3CCN(C4CCCC4)CC3)n2)cc(C(F)(F)F)c1. The molecule has 9 heteroatoms. The molecule has 1 aliphatic carbocycles. The van der Waals surface area contributed by atoms with Crippen LogP contribution < -0.4 is 0 Å². The zero-order chi connectivity index (χ0) is 21.5. The highest BCUT2D eigenvalue weighted by molar-refractivity contribution is 7.10. The lowest BCUT2D eigenvalue weighted by Crippen LogP contribution is -2.39. The Hall–Kier alpha value is -1.61. The average Bonchev–Trinajstić information content (AvgIpc) is 3.39. The van der Waals surface area contributed by atoms with Gasteiger partial charge in [0.25, 0.3) is 0 Å². The van der Waals surface area contributed by atoms with E-state index in [1.54, 1.807) is 5.38 Å². The van der Waals surface area contributed by atoms with Crippen LogP contribution in [0.4, 0.5) is 26.3 Å². The predicted octanol–water partition coefficient (Wildman–Crippen LogP) is 6.97. The highest BCUT2D eigenvalue weighted by Crippen LogP contribution is 2.40. The van der Waals surface area contributed by atoms with Crippen LogP contribution in [-0.2, 0) is 12.4 Å². The van der Waals surface area contributed by atoms with Crippen molar-refractivity contribution in [1.82, 2.24) is 9.88 Å². The fraction of sp³-hybridized carbons (Fsp3) is 0.571. The highest BCUT2D eigenvalue weighted by atomic mass is 32.1. The Balaban J connectivity index is 1.54. The Morgan fingerprint density at radius 2 is 1.40 bits per heavy atom. The van der Waals surface area contributed by atoms with Crippen LogP contribution in [0.1, 0.15) is 60.6 Å². The summed E-state index contributed by atoms with van der Waals surface area (Å²) in [5.74, 6) is 0.203. The van der Waals surface area contributed by atoms with Crippen LogP contribution in [-0.4, -0.2) is 29.0 Å². The van der Waals surface area contributed by atoms with Crippen LogP contribution in [0.3, 0.4) is 0 Å². The summed E-state index contributed by atoms with van der Waals surface area (Å²) in [6, 6.07) is 2.30. The molecule has 1 aromatic carbocycles. The molecule has 0 atom stereocenters. The predicted molar refractivity (Wildman–Crippen MR) is 103 cm³/mol. The lowest BCUT2D eigenvalue weighted by Gasteiger charge is -2.35. The van der Waals surface area contributed by atoms with Gasteiger partial charge in [-0.15, -0.1) is 11.3 Å². The Kier molecular flexibility index (Phi) is 5.87. The third kappa shape index (κ3) is 4.66. The minimum absolute atomic E-state index is 0.148. The largest absolute Gasteiger partial charge is 0.416 e. The van der Waals surface area contributed by atoms with Gasteiger partial charge >= 0.3 is 12.4 Å². The van der Waals surface area contributed by atoms with E-state index in [1.165, 1.54) is 37.0 Å². The number of benzene rings is 1. The van der Waals surface area contributed by atoms with Gasteiger partial charge in [0, 0.05) is 22.9 Å². The number of aromatic nitrogens is 1. The third-order valence-electron chi connectivity index (χ3n) is 6.13. The van der Waals surface area contributed by atoms with Gasteiger partial charge in [-0.1, -0.05) is 12.8 Å². The molecule has 1 saturated carbocycles. The minimum atomic E-state index is -4.86. The Bertz CT molecular complexity index is 842. The lowest BCUT2D eigenvalue weighted by atomic mass is 9.96. The number of thiazole rings is 1. The molecule has 164 valence electrons. The van der Waals surface area contributed by atoms with Crippen LogP contribution >= 0.6 is 11.3 Å². The van der Waals surface area contributed by atoms with Crippen LogP contribution in [0, 0.1) is 0 Å². The number of hydrogen-bond donors (Lipinski definition) is 0. The zero-order valence-electron chi connectivity index (χ0n) is 16.2. The maximum Gasteiger partial charge on any atom is 0.416 e. The summed E-state index contributed by atoms with van der Waals surface area (Å²) < 4.78 is 78.7. The van der Waals surface area contributed by atoms with Crippen molar-refractivity contribution in [2.24, 2.45) is 0 Å². The van der Waals surface area contributed by atoms with Crippen molar-refractivity contribution in [1.29, 1.82) is 0 Å². The van der Waals surface area contributed by atoms with Crippen molar-refractivity contribution in [3.63, 3.8) is 0 Å². The van der Waals surface area contributed by atoms with Crippen LogP contribution in [0.15, 0.2) is 23.6 Å². The van der Waals surface area contributed by atoms with E-state index >= 15 is 0 Å². The molecule has 1 aliphatic heterocycles. The molecule has 30 heavy (non-hydrogen) atoms. The summed E-state index contributed by atoms with van der Waals surface area (Å²) >= 11 is 1.32. The van der Waals surface area contributed by atoms with Gasteiger partial charge in [-0.2, -0.15) is 26.3 Å². The van der Waals surface area contributed by atoms with E-state index in [-0.39, 0.29) is 23.2 Å². The van der Waals surface area contributed by atoms with Gasteiger partial charge < -0.3 is 4.90 Å². The van der Waals surface area contributed by atoms with Crippen molar-refractivity contribution >= 4 is 11.3 Å². The highest BCUT2D eigenvalue weighted by Gasteiger charge is 2.37. The van der Waals surface area contributed by atoms with Gasteiger partial charge in [-0.3, -0.25) is 0 Å². The van der Waals surface area contributed by atoms with E-state index in [0.717, 1.165) is 43.1 Å². The molecule has 2 nitrogen and oxygen atoms in total. The van der Waals surface area contributed by atoms with Crippen LogP contribution in [0.25, 0.3) is 11.3 Å². The summed E-state index contributed by atoms with van der Waals surface area (Å²) in [6.45, 7) is 1.93. The number of hydrogen-bond acceptors (Lipinski definition) is 3. The molecule has 1 aromatic heterocycles. The van der Waals surface area contributed by atoms with Gasteiger partial charge in [0.2, 0.25) is 0 Å². The second-order valence-electron chi connectivity index (χ2n) is 8.11. The molecule has 2 heterocycles. The first kappa shape index (κ1) is 21.6. The molecule has 0 amide bonds. The second kappa shape index (κ2) is 8.15. The summed E-state index contributed by atoms with van der Waals surface area (Å²) in [5, 5.41) is 2.36. The molecular formula is C21H22F6N2S. The van der Waals surface area contributed by atoms with Gasteiger partial charge in [0.1, 0.15) is 0 Å². The van der Waals surface area contributed by atoms with E-state index in [0.29, 0.717) is 6.04 Å². The molecule has 0 radical (unpaired) electrons. The number of alkyl halides is 6. The minimum Gasteiger partial charge on any atom is -0.300 e. The van der Waals surface area contributed by atoms with E-state index in [9.17, 15) is 26.3 Å². The first-order valence-corrected chi connectivity index (χ1v) is 11.0. The van der Waals surface area contributed by atoms with Gasteiger partial charge in [-0.25, -0.2) is 4.98 Å². The summed E-state index contributed by atoms with van der Waals surface area (Å²) in [4.78, 5) is 6.95. The van der Waals surface area contributed by atoms with E-state index < -0.39 is 23.5 Å². The van der Waals surface area contributed by atoms with Crippen molar-refractivity contribution < 1.29 is 26.3 Å². The fourth-order valence-corrected chi connectivity index (χ4v) is 5.49. The first-order chi connectivity index (χ1) is 14.1. The first-order valence-electron chi connectivity index (χ1n) is 10.1. The molecule has 0 bridgehead atoms.